The fraction of sp³-hybridized carbons (Fsp3) is 0.500. The van der Waals surface area contributed by atoms with Gasteiger partial charge in [0, 0.05) is 11.1 Å². The first kappa shape index (κ1) is 16.3. The second-order valence-electron chi connectivity index (χ2n) is 3.48. The van der Waals surface area contributed by atoms with E-state index in [4.69, 9.17) is 9.47 Å². The highest BCUT2D eigenvalue weighted by Gasteiger charge is 2.03. The quantitative estimate of drug-likeness (QED) is 0.267. The lowest BCUT2D eigenvalue weighted by molar-refractivity contribution is -0.159. The molecule has 0 aliphatic carbocycles. The third-order valence-corrected chi connectivity index (χ3v) is 1.62. The molecule has 0 aromatic carbocycles. The van der Waals surface area contributed by atoms with Crippen LogP contribution in [0.25, 0.3) is 0 Å². The van der Waals surface area contributed by atoms with Gasteiger partial charge in [-0.2, -0.15) is 0 Å². The molecule has 18 heavy (non-hydrogen) atoms. The molecule has 102 valence electrons. The van der Waals surface area contributed by atoms with Gasteiger partial charge in [-0.15, -0.1) is 0 Å². The number of rotatable bonds is 9. The average molecular weight is 258 g/mol. The molecule has 0 aliphatic rings. The topological polar surface area (TPSA) is 71.1 Å². The summed E-state index contributed by atoms with van der Waals surface area (Å²) in [5.41, 5.74) is 0.614. The van der Waals surface area contributed by atoms with Crippen LogP contribution >= 0.6 is 0 Å². The number of ether oxygens (including phenoxy) is 4. The van der Waals surface area contributed by atoms with E-state index in [1.54, 1.807) is 13.8 Å². The van der Waals surface area contributed by atoms with Crippen molar-refractivity contribution in [3.8, 4) is 0 Å². The van der Waals surface area contributed by atoms with E-state index in [2.05, 4.69) is 22.6 Å². The van der Waals surface area contributed by atoms with Crippen molar-refractivity contribution >= 4 is 11.9 Å². The van der Waals surface area contributed by atoms with Crippen LogP contribution in [0.15, 0.2) is 24.3 Å². The maximum atomic E-state index is 10.9. The van der Waals surface area contributed by atoms with Gasteiger partial charge in [0.1, 0.15) is 0 Å². The number of hydrogen-bond donors (Lipinski definition) is 0. The Morgan fingerprint density at radius 1 is 0.833 bits per heavy atom. The van der Waals surface area contributed by atoms with Crippen molar-refractivity contribution in [2.75, 3.05) is 26.8 Å². The van der Waals surface area contributed by atoms with E-state index < -0.39 is 11.9 Å². The Balaban J connectivity index is 3.32. The van der Waals surface area contributed by atoms with Crippen LogP contribution in [0, 0.1) is 0 Å². The van der Waals surface area contributed by atoms with Gasteiger partial charge in [0.2, 0.25) is 0 Å². The fourth-order valence-electron chi connectivity index (χ4n) is 0.672. The van der Waals surface area contributed by atoms with Crippen LogP contribution in [-0.4, -0.2) is 38.7 Å². The zero-order chi connectivity index (χ0) is 14.0. The van der Waals surface area contributed by atoms with E-state index in [9.17, 15) is 9.59 Å². The fourth-order valence-corrected chi connectivity index (χ4v) is 0.672. The minimum Gasteiger partial charge on any atom is -0.435 e. The number of carbonyl (C=O) groups is 2. The van der Waals surface area contributed by atoms with Gasteiger partial charge in [-0.3, -0.25) is 0 Å². The van der Waals surface area contributed by atoms with E-state index in [-0.39, 0.29) is 26.8 Å². The molecule has 0 atom stereocenters. The highest BCUT2D eigenvalue weighted by atomic mass is 16.7. The summed E-state index contributed by atoms with van der Waals surface area (Å²) >= 11 is 0. The normalized spacial score (nSPS) is 9.67. The van der Waals surface area contributed by atoms with Gasteiger partial charge in [-0.25, -0.2) is 9.59 Å². The molecule has 0 aromatic rings. The maximum Gasteiger partial charge on any atom is 0.335 e. The minimum atomic E-state index is -0.508. The Morgan fingerprint density at radius 3 is 1.44 bits per heavy atom. The summed E-state index contributed by atoms with van der Waals surface area (Å²) in [6, 6.07) is 0. The van der Waals surface area contributed by atoms with Crippen molar-refractivity contribution < 1.29 is 28.5 Å². The van der Waals surface area contributed by atoms with Crippen LogP contribution in [0.3, 0.4) is 0 Å². The van der Waals surface area contributed by atoms with Crippen LogP contribution < -0.4 is 0 Å². The van der Waals surface area contributed by atoms with Crippen molar-refractivity contribution in [1.29, 1.82) is 0 Å². The second-order valence-corrected chi connectivity index (χ2v) is 3.48. The molecule has 0 fully saturated rings. The first-order valence-corrected chi connectivity index (χ1v) is 5.26. The lowest BCUT2D eigenvalue weighted by Crippen LogP contribution is -2.14. The zero-order valence-corrected chi connectivity index (χ0v) is 10.7. The smallest absolute Gasteiger partial charge is 0.335 e. The Hall–Kier alpha value is -1.66. The first-order valence-electron chi connectivity index (χ1n) is 5.26. The van der Waals surface area contributed by atoms with E-state index in [0.717, 1.165) is 0 Å². The van der Waals surface area contributed by atoms with E-state index >= 15 is 0 Å². The second kappa shape index (κ2) is 9.38. The van der Waals surface area contributed by atoms with Crippen molar-refractivity contribution in [2.24, 2.45) is 0 Å². The summed E-state index contributed by atoms with van der Waals surface area (Å²) in [6.07, 6.45) is 0. The monoisotopic (exact) mass is 258 g/mol. The van der Waals surface area contributed by atoms with Gasteiger partial charge < -0.3 is 18.9 Å². The molecule has 0 rings (SSSR count). The van der Waals surface area contributed by atoms with Gasteiger partial charge in [0.05, 0.1) is 13.2 Å². The van der Waals surface area contributed by atoms with E-state index in [1.807, 2.05) is 0 Å². The highest BCUT2D eigenvalue weighted by molar-refractivity contribution is 5.87. The van der Waals surface area contributed by atoms with Crippen LogP contribution in [-0.2, 0) is 28.5 Å². The molecule has 6 heteroatoms. The third kappa shape index (κ3) is 8.49. The van der Waals surface area contributed by atoms with Gasteiger partial charge >= 0.3 is 11.9 Å². The van der Waals surface area contributed by atoms with Crippen LogP contribution in [0.1, 0.15) is 13.8 Å². The zero-order valence-electron chi connectivity index (χ0n) is 10.7. The van der Waals surface area contributed by atoms with E-state index in [0.29, 0.717) is 11.1 Å². The first-order chi connectivity index (χ1) is 8.45. The molecule has 0 saturated heterocycles. The molecule has 0 N–H and O–H groups in total. The summed E-state index contributed by atoms with van der Waals surface area (Å²) < 4.78 is 19.2. The lowest BCUT2D eigenvalue weighted by atomic mass is 10.4. The number of esters is 2. The summed E-state index contributed by atoms with van der Waals surface area (Å²) in [5, 5.41) is 0. The molecule has 0 amide bonds. The van der Waals surface area contributed by atoms with Crippen LogP contribution in [0.2, 0.25) is 0 Å². The number of hydrogen-bond acceptors (Lipinski definition) is 6. The molecule has 0 heterocycles. The van der Waals surface area contributed by atoms with Crippen molar-refractivity contribution in [3.05, 3.63) is 24.3 Å². The molecule has 0 aliphatic heterocycles. The van der Waals surface area contributed by atoms with Crippen LogP contribution in [0.5, 0.6) is 0 Å². The molecule has 0 radical (unpaired) electrons. The number of carbonyl (C=O) groups excluding carboxylic acids is 2. The predicted octanol–water partition coefficient (Wildman–Crippen LogP) is 1.17. The van der Waals surface area contributed by atoms with Crippen molar-refractivity contribution in [2.45, 2.75) is 13.8 Å². The molecule has 0 aromatic heterocycles. The SMILES string of the molecule is C=C(C)C(=O)OCOCCOCOC(=O)C(=C)C. The largest absolute Gasteiger partial charge is 0.435 e. The van der Waals surface area contributed by atoms with Crippen molar-refractivity contribution in [3.63, 3.8) is 0 Å². The maximum absolute atomic E-state index is 10.9. The van der Waals surface area contributed by atoms with Gasteiger partial charge in [0.15, 0.2) is 13.6 Å². The van der Waals surface area contributed by atoms with Gasteiger partial charge in [-0.1, -0.05) is 13.2 Å². The Kier molecular flexibility index (Phi) is 8.51. The molecule has 0 spiro atoms. The summed E-state index contributed by atoms with van der Waals surface area (Å²) in [4.78, 5) is 21.8. The summed E-state index contributed by atoms with van der Waals surface area (Å²) in [6.45, 7) is 10.0. The predicted molar refractivity (Wildman–Crippen MR) is 63.5 cm³/mol. The molecule has 6 nitrogen and oxygen atoms in total. The Morgan fingerprint density at radius 2 is 1.17 bits per heavy atom. The summed E-state index contributed by atoms with van der Waals surface area (Å²) in [5.74, 6) is -1.02. The van der Waals surface area contributed by atoms with Gasteiger partial charge in [0.25, 0.3) is 0 Å². The summed E-state index contributed by atoms with van der Waals surface area (Å²) in [7, 11) is 0. The average Bonchev–Trinajstić information content (AvgIpc) is 2.31. The molecule has 0 unspecified atom stereocenters. The lowest BCUT2D eigenvalue weighted by Gasteiger charge is -2.07. The van der Waals surface area contributed by atoms with Crippen LogP contribution in [0.4, 0.5) is 0 Å². The highest BCUT2D eigenvalue weighted by Crippen LogP contribution is 1.93. The standard InChI is InChI=1S/C12H18O6/c1-9(2)11(13)17-7-15-5-6-16-8-18-12(14)10(3)4/h1,3,5-8H2,2,4H3. The van der Waals surface area contributed by atoms with Crippen molar-refractivity contribution in [1.82, 2.24) is 0 Å². The molecular weight excluding hydrogens is 240 g/mol. The molecule has 0 bridgehead atoms. The van der Waals surface area contributed by atoms with E-state index in [1.165, 1.54) is 0 Å². The third-order valence-electron chi connectivity index (χ3n) is 1.62. The molecule has 0 saturated carbocycles. The minimum absolute atomic E-state index is 0.166. The molecular formula is C12H18O6. The Bertz CT molecular complexity index is 289. The van der Waals surface area contributed by atoms with Gasteiger partial charge in [-0.05, 0) is 13.8 Å². The Labute approximate surface area is 106 Å².